The van der Waals surface area contributed by atoms with E-state index in [0.29, 0.717) is 17.4 Å². The zero-order chi connectivity index (χ0) is 16.0. The molecule has 0 saturated carbocycles. The van der Waals surface area contributed by atoms with Gasteiger partial charge in [-0.25, -0.2) is 9.97 Å². The van der Waals surface area contributed by atoms with Crippen LogP contribution in [0.1, 0.15) is 30.7 Å². The average molecular weight is 332 g/mol. The summed E-state index contributed by atoms with van der Waals surface area (Å²) in [4.78, 5) is 23.1. The van der Waals surface area contributed by atoms with E-state index in [0.717, 1.165) is 54.6 Å². The number of hydrogen-bond acceptors (Lipinski definition) is 4. The molecule has 1 aromatic carbocycles. The highest BCUT2D eigenvalue weighted by atomic mass is 35.5. The Hall–Kier alpha value is -1.88. The van der Waals surface area contributed by atoms with Crippen molar-refractivity contribution in [1.29, 1.82) is 0 Å². The summed E-state index contributed by atoms with van der Waals surface area (Å²) < 4.78 is 5.99. The second-order valence-electron chi connectivity index (χ2n) is 6.22. The van der Waals surface area contributed by atoms with Gasteiger partial charge in [0.1, 0.15) is 16.7 Å². The Morgan fingerprint density at radius 2 is 2.09 bits per heavy atom. The normalized spacial score (nSPS) is 20.4. The van der Waals surface area contributed by atoms with Gasteiger partial charge >= 0.3 is 0 Å². The fourth-order valence-corrected chi connectivity index (χ4v) is 3.66. The van der Waals surface area contributed by atoms with Crippen molar-refractivity contribution in [2.45, 2.75) is 38.7 Å². The molecular weight excluding hydrogens is 314 g/mol. The van der Waals surface area contributed by atoms with Crippen molar-refractivity contribution in [3.8, 4) is 5.75 Å². The summed E-state index contributed by atoms with van der Waals surface area (Å²) >= 11 is 6.23. The molecule has 0 spiro atoms. The number of fused-ring (bicyclic) bond motifs is 2. The zero-order valence-electron chi connectivity index (χ0n) is 13.0. The maximum atomic E-state index is 12.5. The molecule has 2 aliphatic rings. The van der Waals surface area contributed by atoms with Crippen molar-refractivity contribution in [2.75, 3.05) is 13.1 Å². The molecule has 4 rings (SSSR count). The Labute approximate surface area is 139 Å². The van der Waals surface area contributed by atoms with Crippen LogP contribution < -0.4 is 4.74 Å². The molecule has 0 bridgehead atoms. The Morgan fingerprint density at radius 3 is 2.87 bits per heavy atom. The fraction of sp³-hybridized carbons (Fsp3) is 0.471. The lowest BCUT2D eigenvalue weighted by molar-refractivity contribution is -0.138. The monoisotopic (exact) mass is 331 g/mol. The number of aryl methyl sites for hydroxylation is 2. The van der Waals surface area contributed by atoms with E-state index in [1.54, 1.807) is 0 Å². The molecule has 120 valence electrons. The Balaban J connectivity index is 1.66. The summed E-state index contributed by atoms with van der Waals surface area (Å²) in [5, 5.41) is 1.19. The number of hydrogen-bond donors (Lipinski definition) is 0. The summed E-state index contributed by atoms with van der Waals surface area (Å²) in [5.74, 6) is 1.50. The van der Waals surface area contributed by atoms with Gasteiger partial charge in [0.05, 0.1) is 5.52 Å². The molecule has 1 aromatic heterocycles. The second-order valence-corrected chi connectivity index (χ2v) is 6.57. The largest absolute Gasteiger partial charge is 0.480 e. The third-order valence-corrected chi connectivity index (χ3v) is 4.87. The van der Waals surface area contributed by atoms with Gasteiger partial charge in [0.2, 0.25) is 0 Å². The van der Waals surface area contributed by atoms with Crippen LogP contribution in [0, 0.1) is 6.92 Å². The first-order valence-corrected chi connectivity index (χ1v) is 8.42. The molecular formula is C17H18ClN3O2. The van der Waals surface area contributed by atoms with Gasteiger partial charge in [0, 0.05) is 18.5 Å². The van der Waals surface area contributed by atoms with Crippen molar-refractivity contribution in [1.82, 2.24) is 14.9 Å². The lowest BCUT2D eigenvalue weighted by Crippen LogP contribution is -2.42. The molecule has 1 unspecified atom stereocenters. The lowest BCUT2D eigenvalue weighted by Gasteiger charge is -2.28. The number of amides is 1. The highest BCUT2D eigenvalue weighted by molar-refractivity contribution is 6.34. The fourth-order valence-electron chi connectivity index (χ4n) is 3.39. The Morgan fingerprint density at radius 1 is 1.30 bits per heavy atom. The van der Waals surface area contributed by atoms with E-state index >= 15 is 0 Å². The summed E-state index contributed by atoms with van der Waals surface area (Å²) in [6, 6.07) is 3.87. The van der Waals surface area contributed by atoms with Crippen LogP contribution in [0.4, 0.5) is 0 Å². The molecule has 0 radical (unpaired) electrons. The van der Waals surface area contributed by atoms with Gasteiger partial charge in [0.15, 0.2) is 6.10 Å². The third-order valence-electron chi connectivity index (χ3n) is 4.58. The van der Waals surface area contributed by atoms with Gasteiger partial charge in [-0.05, 0) is 50.3 Å². The molecule has 3 heterocycles. The highest BCUT2D eigenvalue weighted by Crippen LogP contribution is 2.34. The molecule has 6 heteroatoms. The lowest BCUT2D eigenvalue weighted by atomic mass is 10.00. The number of halogens is 1. The van der Waals surface area contributed by atoms with Gasteiger partial charge in [-0.1, -0.05) is 11.6 Å². The minimum Gasteiger partial charge on any atom is -0.480 e. The van der Waals surface area contributed by atoms with E-state index in [1.165, 1.54) is 0 Å². The van der Waals surface area contributed by atoms with Gasteiger partial charge in [0.25, 0.3) is 5.91 Å². The van der Waals surface area contributed by atoms with E-state index in [4.69, 9.17) is 16.3 Å². The van der Waals surface area contributed by atoms with Crippen molar-refractivity contribution in [2.24, 2.45) is 0 Å². The number of carbonyl (C=O) groups excluding carboxylic acids is 1. The summed E-state index contributed by atoms with van der Waals surface area (Å²) in [6.45, 7) is 3.52. The molecule has 0 aliphatic carbocycles. The molecule has 2 aliphatic heterocycles. The standard InChI is InChI=1S/C17H18ClN3O2/c1-10-19-13-8-11-4-5-14(17(22)21-6-2-3-7-21)23-15(11)9-12(13)16(18)20-10/h8-9,14H,2-7H2,1H3. The number of benzene rings is 1. The van der Waals surface area contributed by atoms with Crippen LogP contribution in [-0.4, -0.2) is 40.0 Å². The van der Waals surface area contributed by atoms with E-state index in [2.05, 4.69) is 9.97 Å². The first-order chi connectivity index (χ1) is 11.1. The summed E-state index contributed by atoms with van der Waals surface area (Å²) in [6.07, 6.45) is 3.32. The first kappa shape index (κ1) is 14.7. The molecule has 5 nitrogen and oxygen atoms in total. The predicted octanol–water partition coefficient (Wildman–Crippen LogP) is 2.91. The maximum absolute atomic E-state index is 12.5. The van der Waals surface area contributed by atoms with E-state index in [9.17, 15) is 4.79 Å². The number of aromatic nitrogens is 2. The molecule has 0 N–H and O–H groups in total. The van der Waals surface area contributed by atoms with E-state index in [-0.39, 0.29) is 12.0 Å². The molecule has 1 saturated heterocycles. The minimum atomic E-state index is -0.386. The number of ether oxygens (including phenoxy) is 1. The van der Waals surface area contributed by atoms with Gasteiger partial charge < -0.3 is 9.64 Å². The first-order valence-electron chi connectivity index (χ1n) is 8.04. The van der Waals surface area contributed by atoms with Gasteiger partial charge in [-0.3, -0.25) is 4.79 Å². The van der Waals surface area contributed by atoms with E-state index < -0.39 is 0 Å². The van der Waals surface area contributed by atoms with Crippen molar-refractivity contribution in [3.05, 3.63) is 28.7 Å². The second kappa shape index (κ2) is 5.64. The maximum Gasteiger partial charge on any atom is 0.263 e. The van der Waals surface area contributed by atoms with E-state index in [1.807, 2.05) is 24.0 Å². The Kier molecular flexibility index (Phi) is 3.60. The number of nitrogens with zero attached hydrogens (tertiary/aromatic N) is 3. The predicted molar refractivity (Wildman–Crippen MR) is 87.8 cm³/mol. The van der Waals surface area contributed by atoms with Crippen LogP contribution in [-0.2, 0) is 11.2 Å². The van der Waals surface area contributed by atoms with Crippen molar-refractivity contribution in [3.63, 3.8) is 0 Å². The van der Waals surface area contributed by atoms with Crippen LogP contribution in [0.15, 0.2) is 12.1 Å². The minimum absolute atomic E-state index is 0.111. The quantitative estimate of drug-likeness (QED) is 0.754. The number of carbonyl (C=O) groups is 1. The topological polar surface area (TPSA) is 55.3 Å². The SMILES string of the molecule is Cc1nc(Cl)c2cc3c(cc2n1)CCC(C(=O)N1CCCC1)O3. The van der Waals surface area contributed by atoms with Crippen LogP contribution in [0.25, 0.3) is 10.9 Å². The number of likely N-dealkylation sites (tertiary alicyclic amines) is 1. The zero-order valence-corrected chi connectivity index (χ0v) is 13.8. The van der Waals surface area contributed by atoms with Crippen LogP contribution >= 0.6 is 11.6 Å². The smallest absolute Gasteiger partial charge is 0.263 e. The molecule has 1 fully saturated rings. The third kappa shape index (κ3) is 2.63. The van der Waals surface area contributed by atoms with Crippen molar-refractivity contribution < 1.29 is 9.53 Å². The van der Waals surface area contributed by atoms with Gasteiger partial charge in [-0.15, -0.1) is 0 Å². The van der Waals surface area contributed by atoms with Crippen LogP contribution in [0.3, 0.4) is 0 Å². The summed E-state index contributed by atoms with van der Waals surface area (Å²) in [7, 11) is 0. The molecule has 2 aromatic rings. The molecule has 23 heavy (non-hydrogen) atoms. The summed E-state index contributed by atoms with van der Waals surface area (Å²) in [5.41, 5.74) is 1.91. The highest BCUT2D eigenvalue weighted by Gasteiger charge is 2.31. The molecule has 1 atom stereocenters. The van der Waals surface area contributed by atoms with Crippen molar-refractivity contribution >= 4 is 28.4 Å². The Bertz CT molecular complexity index is 787. The molecule has 1 amide bonds. The average Bonchev–Trinajstić information content (AvgIpc) is 3.06. The van der Waals surface area contributed by atoms with Gasteiger partial charge in [-0.2, -0.15) is 0 Å². The number of rotatable bonds is 1. The van der Waals surface area contributed by atoms with Crippen LogP contribution in [0.2, 0.25) is 5.15 Å². The van der Waals surface area contributed by atoms with Crippen LogP contribution in [0.5, 0.6) is 5.75 Å².